The van der Waals surface area contributed by atoms with E-state index in [1.54, 1.807) is 48.5 Å². The maximum Gasteiger partial charge on any atom is 0.268 e. The lowest BCUT2D eigenvalue weighted by Crippen LogP contribution is -2.41. The van der Waals surface area contributed by atoms with Gasteiger partial charge in [0, 0.05) is 5.56 Å². The Hall–Kier alpha value is -3.61. The van der Waals surface area contributed by atoms with Gasteiger partial charge in [-0.15, -0.1) is 0 Å². The van der Waals surface area contributed by atoms with Gasteiger partial charge in [-0.25, -0.2) is 0 Å². The van der Waals surface area contributed by atoms with Gasteiger partial charge in [-0.3, -0.25) is 9.59 Å². The molecule has 0 saturated heterocycles. The number of carboxylic acid groups (broad SMARTS) is 1. The van der Waals surface area contributed by atoms with E-state index in [-0.39, 0.29) is 5.70 Å². The molecule has 0 unspecified atom stereocenters. The molecule has 0 bridgehead atoms. The number of hydrogen-bond acceptors (Lipinski definition) is 5. The molecule has 0 aliphatic heterocycles. The maximum absolute atomic E-state index is 12.5. The molecule has 0 heterocycles. The van der Waals surface area contributed by atoms with Crippen molar-refractivity contribution >= 4 is 23.9 Å². The van der Waals surface area contributed by atoms with Crippen LogP contribution in [0.2, 0.25) is 0 Å². The van der Waals surface area contributed by atoms with E-state index in [1.807, 2.05) is 13.0 Å². The summed E-state index contributed by atoms with van der Waals surface area (Å²) in [6, 6.07) is 15.3. The zero-order valence-electron chi connectivity index (χ0n) is 14.7. The van der Waals surface area contributed by atoms with Gasteiger partial charge in [0.05, 0.1) is 19.1 Å². The lowest BCUT2D eigenvalue weighted by atomic mass is 10.1. The molecule has 2 rings (SSSR count). The first-order chi connectivity index (χ1) is 13.0. The highest BCUT2D eigenvalue weighted by Crippen LogP contribution is 2.13. The largest absolute Gasteiger partial charge is 0.548 e. The molecule has 0 spiro atoms. The third kappa shape index (κ3) is 6.32. The van der Waals surface area contributed by atoms with Gasteiger partial charge in [0.2, 0.25) is 0 Å². The predicted molar refractivity (Wildman–Crippen MR) is 97.5 cm³/mol. The monoisotopic (exact) mass is 367 g/mol. The van der Waals surface area contributed by atoms with E-state index in [0.717, 1.165) is 0 Å². The number of ether oxygens (including phenoxy) is 1. The second-order valence-corrected chi connectivity index (χ2v) is 5.43. The van der Waals surface area contributed by atoms with Crippen LogP contribution in [0.5, 0.6) is 5.75 Å². The van der Waals surface area contributed by atoms with E-state index in [1.165, 1.54) is 6.08 Å². The highest BCUT2D eigenvalue weighted by atomic mass is 16.5. The normalized spacial score (nSPS) is 10.8. The van der Waals surface area contributed by atoms with Crippen molar-refractivity contribution in [2.24, 2.45) is 0 Å². The zero-order chi connectivity index (χ0) is 19.6. The Morgan fingerprint density at radius 2 is 1.70 bits per heavy atom. The van der Waals surface area contributed by atoms with Crippen LogP contribution in [0.3, 0.4) is 0 Å². The Labute approximate surface area is 156 Å². The number of hydrogen-bond donors (Lipinski definition) is 2. The first kappa shape index (κ1) is 19.7. The van der Waals surface area contributed by atoms with Crippen molar-refractivity contribution in [2.45, 2.75) is 6.92 Å². The Morgan fingerprint density at radius 3 is 2.30 bits per heavy atom. The molecule has 0 aliphatic rings. The number of rotatable bonds is 8. The number of benzene rings is 2. The fourth-order valence-electron chi connectivity index (χ4n) is 2.19. The van der Waals surface area contributed by atoms with Crippen molar-refractivity contribution < 1.29 is 24.2 Å². The van der Waals surface area contributed by atoms with Crippen LogP contribution in [0.4, 0.5) is 0 Å². The number of carbonyl (C=O) groups excluding carboxylic acids is 3. The zero-order valence-corrected chi connectivity index (χ0v) is 14.7. The average Bonchev–Trinajstić information content (AvgIpc) is 2.67. The van der Waals surface area contributed by atoms with Crippen LogP contribution in [-0.4, -0.2) is 30.9 Å². The summed E-state index contributed by atoms with van der Waals surface area (Å²) >= 11 is 0. The molecule has 7 nitrogen and oxygen atoms in total. The Balaban J connectivity index is 2.19. The number of amides is 2. The number of carbonyl (C=O) groups is 3. The molecular formula is C20H19N2O5-. The quantitative estimate of drug-likeness (QED) is 0.669. The molecule has 2 N–H and O–H groups in total. The van der Waals surface area contributed by atoms with Gasteiger partial charge in [-0.2, -0.15) is 0 Å². The molecule has 0 radical (unpaired) electrons. The maximum atomic E-state index is 12.5. The lowest BCUT2D eigenvalue weighted by molar-refractivity contribution is -0.303. The Morgan fingerprint density at radius 1 is 1.04 bits per heavy atom. The summed E-state index contributed by atoms with van der Waals surface area (Å²) in [6.07, 6.45) is 1.46. The van der Waals surface area contributed by atoms with Crippen LogP contribution in [0.15, 0.2) is 60.3 Å². The average molecular weight is 367 g/mol. The smallest absolute Gasteiger partial charge is 0.268 e. The van der Waals surface area contributed by atoms with Gasteiger partial charge in [0.1, 0.15) is 11.4 Å². The second-order valence-electron chi connectivity index (χ2n) is 5.43. The van der Waals surface area contributed by atoms with E-state index < -0.39 is 24.3 Å². The molecule has 7 heteroatoms. The molecule has 0 fully saturated rings. The van der Waals surface area contributed by atoms with Gasteiger partial charge < -0.3 is 25.3 Å². The molecule has 0 saturated carbocycles. The second kappa shape index (κ2) is 9.76. The fourth-order valence-corrected chi connectivity index (χ4v) is 2.19. The summed E-state index contributed by atoms with van der Waals surface area (Å²) in [7, 11) is 0. The van der Waals surface area contributed by atoms with Crippen LogP contribution in [-0.2, 0) is 9.59 Å². The summed E-state index contributed by atoms with van der Waals surface area (Å²) in [5.74, 6) is -2.05. The molecule has 2 amide bonds. The van der Waals surface area contributed by atoms with E-state index in [4.69, 9.17) is 4.74 Å². The topological polar surface area (TPSA) is 108 Å². The van der Waals surface area contributed by atoms with Crippen molar-refractivity contribution in [3.8, 4) is 5.75 Å². The molecule has 0 aromatic heterocycles. The number of carboxylic acids is 1. The van der Waals surface area contributed by atoms with Gasteiger partial charge in [-0.1, -0.05) is 30.3 Å². The Kier molecular flexibility index (Phi) is 7.13. The molecule has 0 atom stereocenters. The van der Waals surface area contributed by atoms with Crippen LogP contribution in [0.25, 0.3) is 6.08 Å². The van der Waals surface area contributed by atoms with Crippen molar-refractivity contribution in [3.05, 3.63) is 71.4 Å². The third-order valence-corrected chi connectivity index (χ3v) is 3.42. The summed E-state index contributed by atoms with van der Waals surface area (Å²) in [4.78, 5) is 35.3. The standard InChI is InChI=1S/C20H20N2O5/c1-2-27-16-10-8-15(9-11-16)19(25)22-17(20(26)21-13-18(23)24)12-14-6-4-3-5-7-14/h3-12H,2,13H2,1H3,(H,21,26)(H,22,25)(H,23,24)/p-1/b17-12+. The van der Waals surface area contributed by atoms with Gasteiger partial charge in [-0.05, 0) is 42.8 Å². The number of aliphatic carboxylic acids is 1. The van der Waals surface area contributed by atoms with Gasteiger partial charge in [0.15, 0.2) is 0 Å². The van der Waals surface area contributed by atoms with Gasteiger partial charge >= 0.3 is 0 Å². The van der Waals surface area contributed by atoms with E-state index in [9.17, 15) is 19.5 Å². The minimum Gasteiger partial charge on any atom is -0.548 e. The molecule has 140 valence electrons. The van der Waals surface area contributed by atoms with Crippen molar-refractivity contribution in [1.82, 2.24) is 10.6 Å². The highest BCUT2D eigenvalue weighted by Gasteiger charge is 2.14. The van der Waals surface area contributed by atoms with Crippen LogP contribution in [0, 0.1) is 0 Å². The van der Waals surface area contributed by atoms with Crippen molar-refractivity contribution in [2.75, 3.05) is 13.2 Å². The SMILES string of the molecule is CCOc1ccc(C(=O)N/C(=C/c2ccccc2)C(=O)NCC(=O)[O-])cc1. The summed E-state index contributed by atoms with van der Waals surface area (Å²) in [5, 5.41) is 15.3. The fraction of sp³-hybridized carbons (Fsp3) is 0.150. The summed E-state index contributed by atoms with van der Waals surface area (Å²) in [5.41, 5.74) is 0.912. The summed E-state index contributed by atoms with van der Waals surface area (Å²) < 4.78 is 5.32. The third-order valence-electron chi connectivity index (χ3n) is 3.42. The Bertz CT molecular complexity index is 829. The molecule has 2 aromatic carbocycles. The lowest BCUT2D eigenvalue weighted by Gasteiger charge is -2.12. The minimum absolute atomic E-state index is 0.0821. The molecule has 2 aromatic rings. The van der Waals surface area contributed by atoms with Crippen LogP contribution in [0.1, 0.15) is 22.8 Å². The number of nitrogens with one attached hydrogen (secondary N) is 2. The van der Waals surface area contributed by atoms with Crippen LogP contribution < -0.4 is 20.5 Å². The highest BCUT2D eigenvalue weighted by molar-refractivity contribution is 6.05. The summed E-state index contributed by atoms with van der Waals surface area (Å²) in [6.45, 7) is 1.70. The van der Waals surface area contributed by atoms with Crippen LogP contribution >= 0.6 is 0 Å². The van der Waals surface area contributed by atoms with E-state index >= 15 is 0 Å². The van der Waals surface area contributed by atoms with Crippen molar-refractivity contribution in [1.29, 1.82) is 0 Å². The van der Waals surface area contributed by atoms with E-state index in [0.29, 0.717) is 23.5 Å². The first-order valence-corrected chi connectivity index (χ1v) is 8.28. The molecular weight excluding hydrogens is 348 g/mol. The molecule has 0 aliphatic carbocycles. The molecule has 27 heavy (non-hydrogen) atoms. The minimum atomic E-state index is -1.43. The first-order valence-electron chi connectivity index (χ1n) is 8.28. The van der Waals surface area contributed by atoms with E-state index in [2.05, 4.69) is 10.6 Å². The van der Waals surface area contributed by atoms with Crippen molar-refractivity contribution in [3.63, 3.8) is 0 Å². The van der Waals surface area contributed by atoms with Gasteiger partial charge in [0.25, 0.3) is 11.8 Å². The predicted octanol–water partition coefficient (Wildman–Crippen LogP) is 0.722.